The van der Waals surface area contributed by atoms with E-state index in [0.717, 1.165) is 6.42 Å². The van der Waals surface area contributed by atoms with Gasteiger partial charge in [-0.15, -0.1) is 0 Å². The van der Waals surface area contributed by atoms with Crippen LogP contribution in [-0.4, -0.2) is 11.1 Å². The zero-order valence-corrected chi connectivity index (χ0v) is 11.8. The Morgan fingerprint density at radius 3 is 2.47 bits per heavy atom. The van der Waals surface area contributed by atoms with Gasteiger partial charge in [0.25, 0.3) is 0 Å². The van der Waals surface area contributed by atoms with E-state index in [2.05, 4.69) is 27.7 Å². The van der Waals surface area contributed by atoms with Gasteiger partial charge in [-0.2, -0.15) is 0 Å². The minimum absolute atomic E-state index is 0.0113. The molecule has 0 saturated carbocycles. The smallest absolute Gasteiger partial charge is 0.327 e. The normalized spacial score (nSPS) is 14.1. The average molecular weight is 240 g/mol. The summed E-state index contributed by atoms with van der Waals surface area (Å²) in [5, 5.41) is 8.62. The third kappa shape index (κ3) is 10.1. The highest BCUT2D eigenvalue weighted by Gasteiger charge is 2.18. The fourth-order valence-corrected chi connectivity index (χ4v) is 2.28. The molecule has 1 N–H and O–H groups in total. The molecule has 0 fully saturated rings. The van der Waals surface area contributed by atoms with E-state index in [-0.39, 0.29) is 5.41 Å². The van der Waals surface area contributed by atoms with Crippen molar-refractivity contribution in [2.75, 3.05) is 0 Å². The molecule has 2 nitrogen and oxygen atoms in total. The molecule has 0 aliphatic rings. The Hall–Kier alpha value is -0.790. The van der Waals surface area contributed by atoms with Crippen molar-refractivity contribution < 1.29 is 9.90 Å². The van der Waals surface area contributed by atoms with E-state index in [1.807, 2.05) is 6.08 Å². The molecule has 0 aromatic rings. The molecule has 0 saturated heterocycles. The second kappa shape index (κ2) is 8.32. The lowest BCUT2D eigenvalue weighted by atomic mass is 9.81. The van der Waals surface area contributed by atoms with E-state index in [0.29, 0.717) is 5.92 Å². The maximum Gasteiger partial charge on any atom is 0.327 e. The SMILES string of the molecule is CCCCCCC(C)CC(C)(C)C=CC(=O)O. The summed E-state index contributed by atoms with van der Waals surface area (Å²) in [5.74, 6) is -0.186. The van der Waals surface area contributed by atoms with Crippen LogP contribution in [0, 0.1) is 11.3 Å². The van der Waals surface area contributed by atoms with Gasteiger partial charge in [-0.3, -0.25) is 0 Å². The summed E-state index contributed by atoms with van der Waals surface area (Å²) in [7, 11) is 0. The lowest BCUT2D eigenvalue weighted by molar-refractivity contribution is -0.131. The van der Waals surface area contributed by atoms with E-state index in [1.165, 1.54) is 38.2 Å². The zero-order valence-electron chi connectivity index (χ0n) is 11.8. The number of aliphatic carboxylic acids is 1. The molecular weight excluding hydrogens is 212 g/mol. The number of carbonyl (C=O) groups is 1. The molecule has 1 atom stereocenters. The molecule has 0 bridgehead atoms. The summed E-state index contributed by atoms with van der Waals surface area (Å²) in [4.78, 5) is 10.5. The predicted molar refractivity (Wildman–Crippen MR) is 73.1 cm³/mol. The molecular formula is C15H28O2. The summed E-state index contributed by atoms with van der Waals surface area (Å²) in [6.45, 7) is 8.70. The molecule has 0 rings (SSSR count). The van der Waals surface area contributed by atoms with Crippen LogP contribution < -0.4 is 0 Å². The first-order chi connectivity index (χ1) is 7.87. The highest BCUT2D eigenvalue weighted by atomic mass is 16.4. The van der Waals surface area contributed by atoms with Gasteiger partial charge in [-0.1, -0.05) is 65.9 Å². The number of hydrogen-bond donors (Lipinski definition) is 1. The summed E-state index contributed by atoms with van der Waals surface area (Å²) in [5.41, 5.74) is -0.0113. The van der Waals surface area contributed by atoms with E-state index in [9.17, 15) is 4.79 Å². The summed E-state index contributed by atoms with van der Waals surface area (Å²) in [6, 6.07) is 0. The van der Waals surface area contributed by atoms with Crippen molar-refractivity contribution in [2.45, 2.75) is 66.2 Å². The molecule has 2 heteroatoms. The van der Waals surface area contributed by atoms with Gasteiger partial charge < -0.3 is 5.11 Å². The van der Waals surface area contributed by atoms with E-state index >= 15 is 0 Å². The van der Waals surface area contributed by atoms with Gasteiger partial charge in [0.1, 0.15) is 0 Å². The Balaban J connectivity index is 3.91. The van der Waals surface area contributed by atoms with E-state index < -0.39 is 5.97 Å². The van der Waals surface area contributed by atoms with Gasteiger partial charge in [0, 0.05) is 6.08 Å². The number of allylic oxidation sites excluding steroid dienone is 1. The molecule has 0 aromatic heterocycles. The molecule has 1 unspecified atom stereocenters. The number of unbranched alkanes of at least 4 members (excludes halogenated alkanes) is 3. The second-order valence-electron chi connectivity index (χ2n) is 5.82. The zero-order chi connectivity index (χ0) is 13.3. The first-order valence-electron chi connectivity index (χ1n) is 6.79. The van der Waals surface area contributed by atoms with Crippen molar-refractivity contribution in [2.24, 2.45) is 11.3 Å². The summed E-state index contributed by atoms with van der Waals surface area (Å²) < 4.78 is 0. The Morgan fingerprint density at radius 1 is 1.29 bits per heavy atom. The second-order valence-corrected chi connectivity index (χ2v) is 5.82. The number of hydrogen-bond acceptors (Lipinski definition) is 1. The van der Waals surface area contributed by atoms with Crippen LogP contribution in [0.15, 0.2) is 12.2 Å². The van der Waals surface area contributed by atoms with E-state index in [1.54, 1.807) is 0 Å². The van der Waals surface area contributed by atoms with Gasteiger partial charge in [-0.25, -0.2) is 4.79 Å². The number of carboxylic acids is 1. The highest BCUT2D eigenvalue weighted by Crippen LogP contribution is 2.29. The standard InChI is InChI=1S/C15H28O2/c1-5-6-7-8-9-13(2)12-15(3,4)11-10-14(16)17/h10-11,13H,5-9,12H2,1-4H3,(H,16,17). The number of carboxylic acid groups (broad SMARTS) is 1. The number of rotatable bonds is 9. The summed E-state index contributed by atoms with van der Waals surface area (Å²) >= 11 is 0. The Labute approximate surface area is 106 Å². The molecule has 0 amide bonds. The lowest BCUT2D eigenvalue weighted by Gasteiger charge is -2.24. The molecule has 0 aromatic carbocycles. The third-order valence-corrected chi connectivity index (χ3v) is 3.10. The fraction of sp³-hybridized carbons (Fsp3) is 0.800. The van der Waals surface area contributed by atoms with Crippen LogP contribution in [0.4, 0.5) is 0 Å². The topological polar surface area (TPSA) is 37.3 Å². The maximum atomic E-state index is 10.5. The molecule has 17 heavy (non-hydrogen) atoms. The van der Waals surface area contributed by atoms with Crippen molar-refractivity contribution in [3.05, 3.63) is 12.2 Å². The fourth-order valence-electron chi connectivity index (χ4n) is 2.28. The minimum atomic E-state index is -0.853. The van der Waals surface area contributed by atoms with Crippen molar-refractivity contribution in [1.29, 1.82) is 0 Å². The van der Waals surface area contributed by atoms with Crippen LogP contribution in [0.1, 0.15) is 66.2 Å². The van der Waals surface area contributed by atoms with Gasteiger partial charge in [0.05, 0.1) is 0 Å². The average Bonchev–Trinajstić information content (AvgIpc) is 2.21. The first kappa shape index (κ1) is 16.2. The van der Waals surface area contributed by atoms with Gasteiger partial charge >= 0.3 is 5.97 Å². The van der Waals surface area contributed by atoms with Crippen molar-refractivity contribution in [1.82, 2.24) is 0 Å². The molecule has 0 heterocycles. The predicted octanol–water partition coefficient (Wildman–Crippen LogP) is 4.65. The van der Waals surface area contributed by atoms with E-state index in [4.69, 9.17) is 5.11 Å². The Kier molecular flexibility index (Phi) is 7.94. The molecule has 0 aliphatic heterocycles. The van der Waals surface area contributed by atoms with Crippen LogP contribution in [0.3, 0.4) is 0 Å². The van der Waals surface area contributed by atoms with Crippen LogP contribution in [-0.2, 0) is 4.79 Å². The lowest BCUT2D eigenvalue weighted by Crippen LogP contribution is -2.13. The first-order valence-corrected chi connectivity index (χ1v) is 6.79. The van der Waals surface area contributed by atoms with Crippen molar-refractivity contribution in [3.8, 4) is 0 Å². The Bertz CT molecular complexity index is 241. The molecule has 100 valence electrons. The van der Waals surface area contributed by atoms with Crippen LogP contribution >= 0.6 is 0 Å². The molecule has 0 aliphatic carbocycles. The van der Waals surface area contributed by atoms with Gasteiger partial charge in [-0.05, 0) is 17.8 Å². The highest BCUT2D eigenvalue weighted by molar-refractivity contribution is 5.79. The largest absolute Gasteiger partial charge is 0.478 e. The molecule has 0 radical (unpaired) electrons. The van der Waals surface area contributed by atoms with Crippen LogP contribution in [0.2, 0.25) is 0 Å². The quantitative estimate of drug-likeness (QED) is 0.470. The maximum absolute atomic E-state index is 10.5. The van der Waals surface area contributed by atoms with Gasteiger partial charge in [0.2, 0.25) is 0 Å². The Morgan fingerprint density at radius 2 is 1.94 bits per heavy atom. The summed E-state index contributed by atoms with van der Waals surface area (Å²) in [6.07, 6.45) is 10.6. The molecule has 0 spiro atoms. The monoisotopic (exact) mass is 240 g/mol. The minimum Gasteiger partial charge on any atom is -0.478 e. The van der Waals surface area contributed by atoms with Gasteiger partial charge in [0.15, 0.2) is 0 Å². The van der Waals surface area contributed by atoms with Crippen molar-refractivity contribution in [3.63, 3.8) is 0 Å². The van der Waals surface area contributed by atoms with Crippen LogP contribution in [0.25, 0.3) is 0 Å². The van der Waals surface area contributed by atoms with Crippen molar-refractivity contribution >= 4 is 5.97 Å². The van der Waals surface area contributed by atoms with Crippen LogP contribution in [0.5, 0.6) is 0 Å². The third-order valence-electron chi connectivity index (χ3n) is 3.10.